The number of aliphatic hydroxyl groups excluding tert-OH is 2. The third-order valence-corrected chi connectivity index (χ3v) is 28.6. The SMILES string of the molecule is C=C1C[C@@H]2CC[C@@]34C[C@H]5OC6C(O[C@H]7CC[C@H](CC(=O)C[C@@H]8[C@@H](C)[C@@H](C[C@H](O)CC)O[C@H]8C[C@H]8O[C@@H](CC[C@@H]1O2)C[C@@H](C)C8=C)O[C@@H]7[C@@H]6O3)[C@H]5O4.C=C1C[C@@H]2CC[C@@]34C[C@H]5OC6C(O[C@H]7CC[C@H](CC(=O)C[C@@H]8[C@@H](C)[C@@H](C[C@H](O)CN=[N+]=[N-])O[C@H]8C[C@H]8O[C@@H](CC[C@@H]1O2)C[C@@H](C)C8=C)O[C@@H]7[C@@H]6O3)[C@H]5O4.II.I[I-]I. The molecule has 109 heavy (non-hydrogen) atoms. The second-order valence-corrected chi connectivity index (χ2v) is 51.8. The zero-order valence-electron chi connectivity index (χ0n) is 63.9. The van der Waals surface area contributed by atoms with Gasteiger partial charge in [0.2, 0.25) is 0 Å². The predicted molar refractivity (Wildman–Crippen MR) is 432 cm³/mol. The molecule has 2 spiro atoms. The van der Waals surface area contributed by atoms with Gasteiger partial charge in [-0.1, -0.05) is 66.0 Å². The van der Waals surface area contributed by atoms with Crippen molar-refractivity contribution in [2.24, 2.45) is 40.6 Å². The van der Waals surface area contributed by atoms with E-state index in [9.17, 15) is 19.8 Å². The number of carbonyl (C=O) groups excluding carboxylic acids is 2. The van der Waals surface area contributed by atoms with Gasteiger partial charge in [-0.25, -0.2) is 0 Å². The number of carbonyl (C=O) groups is 2. The first-order valence-electron chi connectivity index (χ1n) is 41.2. The molecule has 0 aliphatic carbocycles. The monoisotopic (exact) mass is 2090 g/mol. The number of Topliss-reactive ketones (excluding diaryl/α,β-unsaturated/α-hetero) is 2. The molecule has 0 aromatic heterocycles. The Morgan fingerprint density at radius 3 is 1.28 bits per heavy atom. The first-order chi connectivity index (χ1) is 52.5. The van der Waals surface area contributed by atoms with Gasteiger partial charge in [-0.3, -0.25) is 9.59 Å². The molecule has 20 fully saturated rings. The fraction of sp³-hybridized carbons (Fsp3) is 0.877. The number of fused-ring (bicyclic) bond motifs is 12. The molecule has 24 bridgehead atoms. The number of azide groups is 1. The number of nitrogens with zero attached hydrogens (tertiary/aromatic N) is 3. The summed E-state index contributed by atoms with van der Waals surface area (Å²) >= 11 is 9.54. The third kappa shape index (κ3) is 18.1. The van der Waals surface area contributed by atoms with Crippen molar-refractivity contribution in [3.05, 3.63) is 59.1 Å². The van der Waals surface area contributed by atoms with Gasteiger partial charge < -0.3 is 86.0 Å². The molecular formula is C81H117I5N3O20-. The quantitative estimate of drug-likeness (QED) is 0.0788. The van der Waals surface area contributed by atoms with E-state index in [1.165, 1.54) is 0 Å². The van der Waals surface area contributed by atoms with Crippen LogP contribution in [-0.4, -0.2) is 223 Å². The van der Waals surface area contributed by atoms with Crippen molar-refractivity contribution in [3.63, 3.8) is 0 Å². The molecule has 2 N–H and O–H groups in total. The molecule has 0 aromatic rings. The van der Waals surface area contributed by atoms with E-state index >= 15 is 0 Å². The summed E-state index contributed by atoms with van der Waals surface area (Å²) in [6.45, 7) is 28.6. The van der Waals surface area contributed by atoms with E-state index in [1.807, 2.05) is 6.92 Å². The van der Waals surface area contributed by atoms with Crippen LogP contribution in [0.25, 0.3) is 10.4 Å². The molecule has 20 saturated heterocycles. The fourth-order valence-electron chi connectivity index (χ4n) is 22.7. The average molecular weight is 2090 g/mol. The topological polar surface area (TPSA) is 271 Å². The first-order valence-corrected chi connectivity index (χ1v) is 60.1. The zero-order chi connectivity index (χ0) is 76.5. The van der Waals surface area contributed by atoms with Gasteiger partial charge in [0.15, 0.2) is 11.6 Å². The summed E-state index contributed by atoms with van der Waals surface area (Å²) in [7, 11) is 0. The van der Waals surface area contributed by atoms with Crippen LogP contribution in [0, 0.1) is 35.5 Å². The van der Waals surface area contributed by atoms with Crippen LogP contribution in [0.3, 0.4) is 0 Å². The number of halogens is 5. The van der Waals surface area contributed by atoms with E-state index in [0.717, 1.165) is 119 Å². The third-order valence-electron chi connectivity index (χ3n) is 28.6. The molecule has 38 atom stereocenters. The van der Waals surface area contributed by atoms with Gasteiger partial charge in [-0.15, -0.1) is 0 Å². The summed E-state index contributed by atoms with van der Waals surface area (Å²) in [5.74, 6) is -0.526. The molecule has 23 nitrogen and oxygen atoms in total. The van der Waals surface area contributed by atoms with Crippen molar-refractivity contribution < 1.29 is 109 Å². The van der Waals surface area contributed by atoms with Crippen LogP contribution in [0.1, 0.15) is 208 Å². The molecule has 20 rings (SSSR count). The zero-order valence-corrected chi connectivity index (χ0v) is 74.7. The minimum absolute atomic E-state index is 0.00591. The van der Waals surface area contributed by atoms with Crippen LogP contribution in [-0.2, 0) is 85.4 Å². The molecule has 612 valence electrons. The van der Waals surface area contributed by atoms with Gasteiger partial charge in [-0.2, -0.15) is 0 Å². The second-order valence-electron chi connectivity index (χ2n) is 35.6. The van der Waals surface area contributed by atoms with Crippen molar-refractivity contribution in [2.75, 3.05) is 6.54 Å². The van der Waals surface area contributed by atoms with E-state index < -0.39 is 23.8 Å². The Bertz CT molecular complexity index is 3310. The number of rotatable bonds is 7. The summed E-state index contributed by atoms with van der Waals surface area (Å²) in [6, 6.07) is 0. The van der Waals surface area contributed by atoms with Crippen LogP contribution >= 0.6 is 74.5 Å². The predicted octanol–water partition coefficient (Wildman–Crippen LogP) is 11.5. The van der Waals surface area contributed by atoms with Gasteiger partial charge in [0, 0.05) is 106 Å². The Morgan fingerprint density at radius 1 is 0.459 bits per heavy atom. The maximum atomic E-state index is 14.0. The Hall–Kier alpha value is 0.540. The number of ketones is 2. The Labute approximate surface area is 696 Å². The van der Waals surface area contributed by atoms with Crippen LogP contribution in [0.4, 0.5) is 0 Å². The normalized spacial score (nSPS) is 50.1. The second kappa shape index (κ2) is 36.5. The summed E-state index contributed by atoms with van der Waals surface area (Å²) in [5, 5.41) is 24.9. The van der Waals surface area contributed by atoms with Crippen molar-refractivity contribution in [1.82, 2.24) is 0 Å². The maximum absolute atomic E-state index is 14.0. The molecule has 28 heteroatoms. The molecule has 0 aromatic carbocycles. The van der Waals surface area contributed by atoms with Gasteiger partial charge in [0.05, 0.1) is 129 Å². The molecule has 4 unspecified atom stereocenters. The number of ether oxygens (including phenoxy) is 16. The average Bonchev–Trinajstić information content (AvgIpc) is 1.55. The standard InChI is InChI=1S/C41H60O10.C40H57N3O10.I3.I2/c1-6-24(42)17-32-23(5)29-16-25(43)15-27-8-10-31-36(46-27)40-39-38(48-31)37-35(49-39)19-41(50-37,51-40)12-11-28-14-21(3)30(44-28)9-7-26-13-20(2)22(4)33(45-26)18-34(29)47-32;1-19-11-25-5-7-29-20(2)12-27(46-29)9-10-40-17-34-36(52-40)37-38(51-34)39(53-40)35-30(50-37)8-6-26(48-35)13-23(44)14-28-22(4)31(15-24(45)18-42-43-41)49-33(28)16-32(47-25)21(19)3;1-3-2;1-2/h20,23-24,26-40,42H,3-4,6-19H2,1-2,5H3;19,22,24-39,45H,2-3,5-18H2,1,4H3;;/q;;-1;/t20-,23-,24-,26+,27-,28+,29-,30+,31+,32-,33-,34+,35-,36+,37+,38?,39?,40+,41+;19-,22-,24+,25+,26-,27+,28-,29+,30+,31-,32-,33+,34-,35+,36+,37?,38?,39+,40+;;/m11../s1. The molecule has 20 aliphatic heterocycles. The van der Waals surface area contributed by atoms with Gasteiger partial charge in [0.1, 0.15) is 72.6 Å². The summed E-state index contributed by atoms with van der Waals surface area (Å²) in [6.07, 6.45) is 13.3. The Balaban J connectivity index is 0.000000164. The van der Waals surface area contributed by atoms with E-state index in [1.54, 1.807) is 0 Å². The summed E-state index contributed by atoms with van der Waals surface area (Å²) in [4.78, 5) is 30.9. The Kier molecular flexibility index (Phi) is 28.3. The molecule has 20 heterocycles. The molecular weight excluding hydrogens is 1970 g/mol. The molecule has 20 aliphatic rings. The van der Waals surface area contributed by atoms with E-state index in [2.05, 4.69) is 139 Å². The number of hydrogen-bond acceptors (Lipinski definition) is 21. The van der Waals surface area contributed by atoms with Crippen LogP contribution in [0.2, 0.25) is 0 Å². The van der Waals surface area contributed by atoms with Crippen molar-refractivity contribution >= 4 is 86.0 Å². The van der Waals surface area contributed by atoms with E-state index in [0.29, 0.717) is 96.2 Å². The van der Waals surface area contributed by atoms with Crippen LogP contribution in [0.15, 0.2) is 53.7 Å². The number of hydrogen-bond donors (Lipinski definition) is 2. The molecule has 0 amide bonds. The van der Waals surface area contributed by atoms with Gasteiger partial charge in [-0.05, 0) is 172 Å². The minimum atomic E-state index is -0.830. The number of aliphatic hydroxyl groups is 2. The molecule has 0 saturated carbocycles. The fourth-order valence-corrected chi connectivity index (χ4v) is 22.7. The summed E-state index contributed by atoms with van der Waals surface area (Å²) in [5.41, 5.74) is 13.3. The Morgan fingerprint density at radius 2 is 0.844 bits per heavy atom. The first kappa shape index (κ1) is 84.6. The van der Waals surface area contributed by atoms with Crippen LogP contribution in [0.5, 0.6) is 0 Å². The van der Waals surface area contributed by atoms with Crippen molar-refractivity contribution in [2.45, 2.75) is 403 Å². The summed E-state index contributed by atoms with van der Waals surface area (Å²) < 4.78 is 108. The van der Waals surface area contributed by atoms with Gasteiger partial charge in [0.25, 0.3) is 0 Å². The molecule has 0 radical (unpaired) electrons. The van der Waals surface area contributed by atoms with Crippen molar-refractivity contribution in [1.29, 1.82) is 0 Å². The van der Waals surface area contributed by atoms with E-state index in [4.69, 9.17) is 81.3 Å². The van der Waals surface area contributed by atoms with Gasteiger partial charge >= 0.3 is 50.5 Å². The van der Waals surface area contributed by atoms with E-state index in [-0.39, 0.29) is 219 Å². The van der Waals surface area contributed by atoms with Crippen molar-refractivity contribution in [3.8, 4) is 0 Å². The van der Waals surface area contributed by atoms with Crippen LogP contribution < -0.4 is 13.3 Å².